The van der Waals surface area contributed by atoms with Crippen molar-refractivity contribution in [1.29, 1.82) is 0 Å². The van der Waals surface area contributed by atoms with Crippen LogP contribution in [0.4, 0.5) is 3.89 Å². The number of fused-ring (bicyclic) bond motifs is 1. The first-order chi connectivity index (χ1) is 10.4. The summed E-state index contributed by atoms with van der Waals surface area (Å²) >= 11 is 0. The molecule has 0 radical (unpaired) electrons. The van der Waals surface area contributed by atoms with E-state index in [0.717, 1.165) is 5.39 Å². The highest BCUT2D eigenvalue weighted by Crippen LogP contribution is 2.07. The third kappa shape index (κ3) is 4.39. The number of hydrogen-bond donors (Lipinski definition) is 1. The van der Waals surface area contributed by atoms with Crippen LogP contribution in [0, 0.1) is 0 Å². The summed E-state index contributed by atoms with van der Waals surface area (Å²) < 4.78 is 34.2. The predicted molar refractivity (Wildman–Crippen MR) is 80.7 cm³/mol. The molecule has 0 aliphatic carbocycles. The molecule has 0 spiro atoms. The van der Waals surface area contributed by atoms with Crippen molar-refractivity contribution in [2.45, 2.75) is 13.0 Å². The molecule has 8 heteroatoms. The van der Waals surface area contributed by atoms with Gasteiger partial charge >= 0.3 is 10.2 Å². The Morgan fingerprint density at radius 1 is 1.23 bits per heavy atom. The van der Waals surface area contributed by atoms with Crippen LogP contribution >= 0.6 is 0 Å². The fourth-order valence-electron chi connectivity index (χ4n) is 2.04. The van der Waals surface area contributed by atoms with Gasteiger partial charge in [-0.25, -0.2) is 0 Å². The Morgan fingerprint density at radius 3 is 2.68 bits per heavy atom. The lowest BCUT2D eigenvalue weighted by Gasteiger charge is -2.08. The van der Waals surface area contributed by atoms with Crippen LogP contribution in [0.5, 0.6) is 0 Å². The third-order valence-electron chi connectivity index (χ3n) is 3.09. The van der Waals surface area contributed by atoms with E-state index in [9.17, 15) is 21.9 Å². The molecule has 22 heavy (non-hydrogen) atoms. The molecular formula is C14H15FN2O4S. The molecule has 0 aliphatic rings. The smallest absolute Gasteiger partial charge is 0.302 e. The summed E-state index contributed by atoms with van der Waals surface area (Å²) in [5.41, 5.74) is -0.278. The first-order valence-electron chi connectivity index (χ1n) is 6.64. The minimum atomic E-state index is -4.52. The molecule has 118 valence electrons. The molecule has 0 unspecified atom stereocenters. The molecule has 0 saturated carbocycles. The lowest BCUT2D eigenvalue weighted by Crippen LogP contribution is -2.33. The molecule has 0 fully saturated rings. The summed E-state index contributed by atoms with van der Waals surface area (Å²) in [6.45, 7) is -0.143. The van der Waals surface area contributed by atoms with Crippen LogP contribution in [0.3, 0.4) is 0 Å². The number of benzene rings is 1. The van der Waals surface area contributed by atoms with Gasteiger partial charge in [0.2, 0.25) is 5.91 Å². The van der Waals surface area contributed by atoms with Crippen molar-refractivity contribution >= 4 is 26.9 Å². The van der Waals surface area contributed by atoms with Crippen molar-refractivity contribution in [2.24, 2.45) is 0 Å². The number of aromatic nitrogens is 1. The van der Waals surface area contributed by atoms with Gasteiger partial charge in [-0.1, -0.05) is 18.2 Å². The largest absolute Gasteiger partial charge is 0.355 e. The van der Waals surface area contributed by atoms with Gasteiger partial charge in [0.05, 0.1) is 5.75 Å². The molecule has 1 heterocycles. The molecular weight excluding hydrogens is 311 g/mol. The van der Waals surface area contributed by atoms with Crippen LogP contribution in [0.25, 0.3) is 10.8 Å². The van der Waals surface area contributed by atoms with Crippen LogP contribution in [0.2, 0.25) is 0 Å². The highest BCUT2D eigenvalue weighted by atomic mass is 32.3. The molecule has 2 rings (SSSR count). The van der Waals surface area contributed by atoms with Crippen LogP contribution in [0.15, 0.2) is 41.3 Å². The summed E-state index contributed by atoms with van der Waals surface area (Å²) in [6.07, 6.45) is 1.51. The zero-order chi connectivity index (χ0) is 16.2. The van der Waals surface area contributed by atoms with E-state index >= 15 is 0 Å². The number of halogens is 1. The van der Waals surface area contributed by atoms with E-state index in [0.29, 0.717) is 5.39 Å². The van der Waals surface area contributed by atoms with E-state index in [1.165, 1.54) is 10.8 Å². The standard InChI is InChI=1S/C14H15FN2O4S/c15-22(20,21)9-3-7-16-13(18)10-17-8-6-11-4-1-2-5-12(11)14(17)19/h1-2,4-6,8H,3,7,9-10H2,(H,16,18). The SMILES string of the molecule is O=C(Cn1ccc2ccccc2c1=O)NCCCS(=O)(=O)F. The minimum Gasteiger partial charge on any atom is -0.355 e. The molecule has 1 aromatic carbocycles. The summed E-state index contributed by atoms with van der Waals surface area (Å²) in [6, 6.07) is 8.78. The van der Waals surface area contributed by atoms with Gasteiger partial charge in [-0.3, -0.25) is 9.59 Å². The average molecular weight is 326 g/mol. The Balaban J connectivity index is 1.97. The Morgan fingerprint density at radius 2 is 1.95 bits per heavy atom. The maximum atomic E-state index is 12.3. The first-order valence-corrected chi connectivity index (χ1v) is 8.19. The second-order valence-corrected chi connectivity index (χ2v) is 6.27. The van der Waals surface area contributed by atoms with Crippen molar-refractivity contribution in [3.8, 4) is 0 Å². The van der Waals surface area contributed by atoms with Crippen molar-refractivity contribution in [3.63, 3.8) is 0 Å². The number of pyridine rings is 1. The molecule has 1 N–H and O–H groups in total. The van der Waals surface area contributed by atoms with Crippen molar-refractivity contribution in [1.82, 2.24) is 9.88 Å². The molecule has 0 saturated heterocycles. The maximum absolute atomic E-state index is 12.3. The zero-order valence-electron chi connectivity index (χ0n) is 11.7. The van der Waals surface area contributed by atoms with E-state index in [-0.39, 0.29) is 25.1 Å². The van der Waals surface area contributed by atoms with Gasteiger partial charge in [0.15, 0.2) is 0 Å². The average Bonchev–Trinajstić information content (AvgIpc) is 2.46. The number of nitrogens with zero attached hydrogens (tertiary/aromatic N) is 1. The van der Waals surface area contributed by atoms with Gasteiger partial charge < -0.3 is 9.88 Å². The van der Waals surface area contributed by atoms with Gasteiger partial charge in [-0.15, -0.1) is 3.89 Å². The van der Waals surface area contributed by atoms with Crippen LogP contribution in [-0.4, -0.2) is 31.2 Å². The molecule has 0 atom stereocenters. The van der Waals surface area contributed by atoms with Crippen molar-refractivity contribution in [3.05, 3.63) is 46.9 Å². The van der Waals surface area contributed by atoms with Crippen LogP contribution in [-0.2, 0) is 21.6 Å². The molecule has 2 aromatic rings. The van der Waals surface area contributed by atoms with E-state index in [1.54, 1.807) is 24.3 Å². The minimum absolute atomic E-state index is 0.0167. The topological polar surface area (TPSA) is 85.2 Å². The van der Waals surface area contributed by atoms with E-state index < -0.39 is 21.9 Å². The summed E-state index contributed by atoms with van der Waals surface area (Å²) in [4.78, 5) is 23.9. The Bertz CT molecular complexity index is 845. The number of amides is 1. The second-order valence-electron chi connectivity index (χ2n) is 4.78. The lowest BCUT2D eigenvalue weighted by molar-refractivity contribution is -0.121. The zero-order valence-corrected chi connectivity index (χ0v) is 12.5. The number of carbonyl (C=O) groups excluding carboxylic acids is 1. The number of carbonyl (C=O) groups is 1. The lowest BCUT2D eigenvalue weighted by atomic mass is 10.2. The van der Waals surface area contributed by atoms with Gasteiger partial charge in [0, 0.05) is 18.1 Å². The Kier molecular flexibility index (Phi) is 4.92. The quantitative estimate of drug-likeness (QED) is 0.629. The van der Waals surface area contributed by atoms with E-state index in [1.807, 2.05) is 6.07 Å². The Labute approximate surface area is 126 Å². The fourth-order valence-corrected chi connectivity index (χ4v) is 2.53. The number of nitrogens with one attached hydrogen (secondary N) is 1. The van der Waals surface area contributed by atoms with Gasteiger partial charge in [0.1, 0.15) is 6.54 Å². The molecule has 1 aromatic heterocycles. The maximum Gasteiger partial charge on any atom is 0.302 e. The number of rotatable bonds is 6. The third-order valence-corrected chi connectivity index (χ3v) is 3.86. The highest BCUT2D eigenvalue weighted by Gasteiger charge is 2.09. The predicted octanol–water partition coefficient (Wildman–Crippen LogP) is 0.807. The van der Waals surface area contributed by atoms with E-state index in [4.69, 9.17) is 0 Å². The first kappa shape index (κ1) is 16.2. The van der Waals surface area contributed by atoms with Crippen LogP contribution < -0.4 is 10.9 Å². The van der Waals surface area contributed by atoms with Gasteiger partial charge in [-0.05, 0) is 23.9 Å². The number of hydrogen-bond acceptors (Lipinski definition) is 4. The molecule has 0 aliphatic heterocycles. The van der Waals surface area contributed by atoms with Crippen molar-refractivity contribution < 1.29 is 17.1 Å². The monoisotopic (exact) mass is 326 g/mol. The molecule has 0 bridgehead atoms. The molecule has 1 amide bonds. The summed E-state index contributed by atoms with van der Waals surface area (Å²) in [7, 11) is -4.52. The second kappa shape index (κ2) is 6.69. The van der Waals surface area contributed by atoms with Crippen molar-refractivity contribution in [2.75, 3.05) is 12.3 Å². The van der Waals surface area contributed by atoms with Crippen LogP contribution in [0.1, 0.15) is 6.42 Å². The van der Waals surface area contributed by atoms with E-state index in [2.05, 4.69) is 5.32 Å². The molecule has 6 nitrogen and oxygen atoms in total. The summed E-state index contributed by atoms with van der Waals surface area (Å²) in [5, 5.41) is 3.75. The summed E-state index contributed by atoms with van der Waals surface area (Å²) in [5.74, 6) is -1.07. The fraction of sp³-hybridized carbons (Fsp3) is 0.286. The van der Waals surface area contributed by atoms with Gasteiger partial charge in [-0.2, -0.15) is 8.42 Å². The highest BCUT2D eigenvalue weighted by molar-refractivity contribution is 7.86. The normalized spacial score (nSPS) is 11.5. The van der Waals surface area contributed by atoms with Gasteiger partial charge in [0.25, 0.3) is 5.56 Å². The Hall–Kier alpha value is -2.22.